The van der Waals surface area contributed by atoms with Crippen molar-refractivity contribution in [3.63, 3.8) is 0 Å². The minimum absolute atomic E-state index is 0. The third-order valence-electron chi connectivity index (χ3n) is 6.67. The number of morpholine rings is 1. The molecule has 0 spiro atoms. The van der Waals surface area contributed by atoms with Crippen LogP contribution >= 0.6 is 24.0 Å². The van der Waals surface area contributed by atoms with Gasteiger partial charge < -0.3 is 15.0 Å². The normalized spacial score (nSPS) is 30.6. The molecule has 3 aliphatic heterocycles. The second kappa shape index (κ2) is 11.0. The van der Waals surface area contributed by atoms with Crippen molar-refractivity contribution >= 4 is 29.9 Å². The molecule has 3 heterocycles. The average molecular weight is 512 g/mol. The Morgan fingerprint density at radius 2 is 2.00 bits per heavy atom. The molecule has 5 nitrogen and oxygen atoms in total. The molecule has 1 aromatic rings. The number of ether oxygens (including phenoxy) is 1. The summed E-state index contributed by atoms with van der Waals surface area (Å²) in [5.74, 6) is 2.33. The van der Waals surface area contributed by atoms with Gasteiger partial charge in [0.25, 0.3) is 0 Å². The lowest BCUT2D eigenvalue weighted by Gasteiger charge is -2.39. The van der Waals surface area contributed by atoms with E-state index in [1.165, 1.54) is 31.4 Å². The van der Waals surface area contributed by atoms with Gasteiger partial charge in [0.15, 0.2) is 5.96 Å². The molecular formula is C23H37IN4O. The number of benzene rings is 1. The van der Waals surface area contributed by atoms with E-state index in [2.05, 4.69) is 59.3 Å². The lowest BCUT2D eigenvalue weighted by molar-refractivity contribution is -0.0433. The summed E-state index contributed by atoms with van der Waals surface area (Å²) in [6, 6.07) is 11.7. The van der Waals surface area contributed by atoms with Crippen LogP contribution in [0.2, 0.25) is 0 Å². The molecule has 0 aliphatic carbocycles. The van der Waals surface area contributed by atoms with E-state index in [4.69, 9.17) is 9.73 Å². The van der Waals surface area contributed by atoms with Crippen LogP contribution in [-0.2, 0) is 4.74 Å². The van der Waals surface area contributed by atoms with Crippen molar-refractivity contribution in [2.45, 2.75) is 51.2 Å². The molecule has 29 heavy (non-hydrogen) atoms. The first-order valence-electron chi connectivity index (χ1n) is 11.2. The van der Waals surface area contributed by atoms with Crippen LogP contribution in [0.1, 0.15) is 44.6 Å². The number of halogens is 1. The van der Waals surface area contributed by atoms with E-state index in [1.54, 1.807) is 0 Å². The lowest BCUT2D eigenvalue weighted by atomic mass is 9.82. The quantitative estimate of drug-likeness (QED) is 0.381. The van der Waals surface area contributed by atoms with Crippen LogP contribution in [0.15, 0.2) is 35.3 Å². The van der Waals surface area contributed by atoms with E-state index in [0.717, 1.165) is 45.3 Å². The molecule has 0 bridgehead atoms. The molecular weight excluding hydrogens is 475 g/mol. The summed E-state index contributed by atoms with van der Waals surface area (Å²) >= 11 is 0. The van der Waals surface area contributed by atoms with Crippen LogP contribution < -0.4 is 5.32 Å². The highest BCUT2D eigenvalue weighted by Gasteiger charge is 2.32. The number of piperidine rings is 1. The number of aliphatic imine (C=N–C) groups is 1. The van der Waals surface area contributed by atoms with Gasteiger partial charge in [-0.3, -0.25) is 9.89 Å². The van der Waals surface area contributed by atoms with Crippen LogP contribution in [-0.4, -0.2) is 73.8 Å². The van der Waals surface area contributed by atoms with Crippen molar-refractivity contribution in [3.05, 3.63) is 35.9 Å². The number of likely N-dealkylation sites (tertiary alicyclic amines) is 1. The molecule has 1 N–H and O–H groups in total. The molecule has 3 fully saturated rings. The maximum absolute atomic E-state index is 6.11. The van der Waals surface area contributed by atoms with Crippen molar-refractivity contribution in [2.75, 3.05) is 45.9 Å². The fraction of sp³-hybridized carbons (Fsp3) is 0.696. The highest BCUT2D eigenvalue weighted by molar-refractivity contribution is 14.0. The number of fused-ring (bicyclic) bond motifs is 1. The zero-order valence-electron chi connectivity index (χ0n) is 17.9. The van der Waals surface area contributed by atoms with E-state index < -0.39 is 0 Å². The largest absolute Gasteiger partial charge is 0.373 e. The first-order chi connectivity index (χ1) is 13.7. The van der Waals surface area contributed by atoms with Gasteiger partial charge in [0.05, 0.1) is 19.3 Å². The smallest absolute Gasteiger partial charge is 0.194 e. The Hall–Kier alpha value is -0.860. The van der Waals surface area contributed by atoms with Crippen LogP contribution in [0.25, 0.3) is 0 Å². The Morgan fingerprint density at radius 1 is 1.17 bits per heavy atom. The monoisotopic (exact) mass is 512 g/mol. The van der Waals surface area contributed by atoms with E-state index in [0.29, 0.717) is 17.9 Å². The first kappa shape index (κ1) is 22.8. The van der Waals surface area contributed by atoms with Crippen LogP contribution in [0.4, 0.5) is 0 Å². The molecule has 4 atom stereocenters. The average Bonchev–Trinajstić information content (AvgIpc) is 3.19. The van der Waals surface area contributed by atoms with Crippen molar-refractivity contribution < 1.29 is 4.74 Å². The van der Waals surface area contributed by atoms with Gasteiger partial charge in [0.1, 0.15) is 0 Å². The standard InChI is InChI=1S/C23H36N4O.HI/c1-3-24-23(25-14-21-16-26-12-7-10-20(26)17-28-21)27-13-11-22(18(2)15-27)19-8-5-4-6-9-19;/h4-6,8-9,18,20-22H,3,7,10-17H2,1-2H3,(H,24,25);1H. The summed E-state index contributed by atoms with van der Waals surface area (Å²) in [7, 11) is 0. The summed E-state index contributed by atoms with van der Waals surface area (Å²) < 4.78 is 6.11. The zero-order chi connectivity index (χ0) is 19.3. The number of nitrogens with one attached hydrogen (secondary N) is 1. The molecule has 1 aromatic carbocycles. The van der Waals surface area contributed by atoms with E-state index in [9.17, 15) is 0 Å². The first-order valence-corrected chi connectivity index (χ1v) is 11.2. The molecule has 162 valence electrons. The molecule has 4 unspecified atom stereocenters. The Kier molecular flexibility index (Phi) is 8.62. The number of rotatable bonds is 4. The molecule has 0 saturated carbocycles. The van der Waals surface area contributed by atoms with Crippen LogP contribution in [0.3, 0.4) is 0 Å². The molecule has 3 saturated heterocycles. The molecule has 0 amide bonds. The second-order valence-electron chi connectivity index (χ2n) is 8.67. The SMILES string of the molecule is CCNC(=NCC1CN2CCCC2CO1)N1CCC(c2ccccc2)C(C)C1.I. The minimum Gasteiger partial charge on any atom is -0.373 e. The fourth-order valence-corrected chi connectivity index (χ4v) is 5.14. The van der Waals surface area contributed by atoms with Gasteiger partial charge in [-0.25, -0.2) is 0 Å². The number of guanidine groups is 1. The summed E-state index contributed by atoms with van der Waals surface area (Å²) in [6.45, 7) is 11.5. The maximum Gasteiger partial charge on any atom is 0.194 e. The van der Waals surface area contributed by atoms with Crippen molar-refractivity contribution in [2.24, 2.45) is 10.9 Å². The minimum atomic E-state index is 0. The maximum atomic E-state index is 6.11. The van der Waals surface area contributed by atoms with Gasteiger partial charge in [-0.1, -0.05) is 37.3 Å². The third-order valence-corrected chi connectivity index (χ3v) is 6.67. The Labute approximate surface area is 193 Å². The zero-order valence-corrected chi connectivity index (χ0v) is 20.3. The lowest BCUT2D eigenvalue weighted by Crippen LogP contribution is -2.49. The summed E-state index contributed by atoms with van der Waals surface area (Å²) in [5, 5.41) is 3.52. The van der Waals surface area contributed by atoms with Gasteiger partial charge in [-0.15, -0.1) is 24.0 Å². The molecule has 3 aliphatic rings. The predicted molar refractivity (Wildman–Crippen MR) is 130 cm³/mol. The summed E-state index contributed by atoms with van der Waals surface area (Å²) in [6.07, 6.45) is 4.04. The fourth-order valence-electron chi connectivity index (χ4n) is 5.14. The van der Waals surface area contributed by atoms with Gasteiger partial charge in [-0.2, -0.15) is 0 Å². The molecule has 0 radical (unpaired) electrons. The number of hydrogen-bond donors (Lipinski definition) is 1. The summed E-state index contributed by atoms with van der Waals surface area (Å²) in [5.41, 5.74) is 1.48. The topological polar surface area (TPSA) is 40.1 Å². The predicted octanol–water partition coefficient (Wildman–Crippen LogP) is 3.56. The van der Waals surface area contributed by atoms with Crippen molar-refractivity contribution in [1.29, 1.82) is 0 Å². The van der Waals surface area contributed by atoms with Gasteiger partial charge in [0, 0.05) is 32.2 Å². The molecule has 4 rings (SSSR count). The van der Waals surface area contributed by atoms with E-state index >= 15 is 0 Å². The van der Waals surface area contributed by atoms with Crippen molar-refractivity contribution in [3.8, 4) is 0 Å². The highest BCUT2D eigenvalue weighted by Crippen LogP contribution is 2.32. The summed E-state index contributed by atoms with van der Waals surface area (Å²) in [4.78, 5) is 10.0. The third kappa shape index (κ3) is 5.64. The Morgan fingerprint density at radius 3 is 2.76 bits per heavy atom. The van der Waals surface area contributed by atoms with E-state index in [1.807, 2.05) is 0 Å². The van der Waals surface area contributed by atoms with Crippen molar-refractivity contribution in [1.82, 2.24) is 15.1 Å². The number of nitrogens with zero attached hydrogens (tertiary/aromatic N) is 3. The van der Waals surface area contributed by atoms with Crippen LogP contribution in [0, 0.1) is 5.92 Å². The van der Waals surface area contributed by atoms with Gasteiger partial charge in [0.2, 0.25) is 0 Å². The highest BCUT2D eigenvalue weighted by atomic mass is 127. The van der Waals surface area contributed by atoms with E-state index in [-0.39, 0.29) is 30.1 Å². The van der Waals surface area contributed by atoms with Gasteiger partial charge in [-0.05, 0) is 50.1 Å². The Bertz CT molecular complexity index is 656. The molecule has 0 aromatic heterocycles. The second-order valence-corrected chi connectivity index (χ2v) is 8.67. The van der Waals surface area contributed by atoms with Crippen LogP contribution in [0.5, 0.6) is 0 Å². The molecule has 6 heteroatoms. The number of hydrogen-bond acceptors (Lipinski definition) is 3. The Balaban J connectivity index is 0.00000240. The van der Waals surface area contributed by atoms with Gasteiger partial charge >= 0.3 is 0 Å².